The zero-order valence-electron chi connectivity index (χ0n) is 16.9. The molecule has 0 atom stereocenters. The highest BCUT2D eigenvalue weighted by Crippen LogP contribution is 2.29. The first kappa shape index (κ1) is 20.6. The maximum absolute atomic E-state index is 12.3. The molecular formula is C24H21N3O3S. The molecule has 0 aliphatic rings. The van der Waals surface area contributed by atoms with Crippen LogP contribution in [0.3, 0.4) is 0 Å². The second kappa shape index (κ2) is 9.86. The Balaban J connectivity index is 1.37. The summed E-state index contributed by atoms with van der Waals surface area (Å²) in [6.45, 7) is 2.45. The van der Waals surface area contributed by atoms with E-state index in [4.69, 9.17) is 14.5 Å². The minimum atomic E-state index is -0.236. The first-order valence-corrected chi connectivity index (χ1v) is 10.7. The van der Waals surface area contributed by atoms with Crippen LogP contribution >= 0.6 is 11.3 Å². The van der Waals surface area contributed by atoms with Crippen molar-refractivity contribution in [2.24, 2.45) is 0 Å². The number of hydrogen-bond donors (Lipinski definition) is 1. The molecule has 1 amide bonds. The Bertz CT molecular complexity index is 1140. The number of ether oxygens (including phenoxy) is 2. The number of rotatable bonds is 8. The van der Waals surface area contributed by atoms with Crippen molar-refractivity contribution in [2.45, 2.75) is 6.92 Å². The smallest absolute Gasteiger partial charge is 0.262 e. The van der Waals surface area contributed by atoms with Crippen molar-refractivity contribution < 1.29 is 14.3 Å². The molecule has 31 heavy (non-hydrogen) atoms. The Kier molecular flexibility index (Phi) is 6.54. The number of nitrogens with one attached hydrogen (secondary N) is 1. The van der Waals surface area contributed by atoms with Gasteiger partial charge < -0.3 is 14.8 Å². The van der Waals surface area contributed by atoms with Crippen molar-refractivity contribution in [3.05, 3.63) is 78.4 Å². The fourth-order valence-corrected chi connectivity index (χ4v) is 3.75. The van der Waals surface area contributed by atoms with Gasteiger partial charge in [-0.25, -0.2) is 4.98 Å². The summed E-state index contributed by atoms with van der Waals surface area (Å²) in [6.07, 6.45) is 3.54. The molecule has 0 bridgehead atoms. The van der Waals surface area contributed by atoms with Crippen molar-refractivity contribution in [1.82, 2.24) is 9.97 Å². The minimum Gasteiger partial charge on any atom is -0.494 e. The summed E-state index contributed by atoms with van der Waals surface area (Å²) in [6, 6.07) is 18.7. The number of pyridine rings is 1. The second-order valence-electron chi connectivity index (χ2n) is 6.60. The summed E-state index contributed by atoms with van der Waals surface area (Å²) in [5.74, 6) is 1.14. The number of anilines is 1. The normalized spacial score (nSPS) is 10.5. The number of benzene rings is 2. The van der Waals surface area contributed by atoms with Crippen LogP contribution in [0.1, 0.15) is 6.92 Å². The average molecular weight is 432 g/mol. The molecule has 1 N–H and O–H groups in total. The average Bonchev–Trinajstić information content (AvgIpc) is 3.30. The van der Waals surface area contributed by atoms with Gasteiger partial charge in [-0.2, -0.15) is 0 Å². The Morgan fingerprint density at radius 1 is 1.00 bits per heavy atom. The molecule has 0 unspecified atom stereocenters. The molecule has 7 heteroatoms. The second-order valence-corrected chi connectivity index (χ2v) is 7.46. The molecule has 2 aromatic carbocycles. The third-order valence-corrected chi connectivity index (χ3v) is 5.25. The highest BCUT2D eigenvalue weighted by Gasteiger charge is 2.09. The van der Waals surface area contributed by atoms with E-state index in [0.717, 1.165) is 27.6 Å². The van der Waals surface area contributed by atoms with Crippen LogP contribution in [0.5, 0.6) is 11.5 Å². The largest absolute Gasteiger partial charge is 0.494 e. The van der Waals surface area contributed by atoms with Gasteiger partial charge in [0.15, 0.2) is 6.61 Å². The van der Waals surface area contributed by atoms with Crippen LogP contribution in [0.2, 0.25) is 0 Å². The molecule has 2 heterocycles. The molecular weight excluding hydrogens is 410 g/mol. The highest BCUT2D eigenvalue weighted by molar-refractivity contribution is 7.13. The van der Waals surface area contributed by atoms with Gasteiger partial charge in [0.25, 0.3) is 5.91 Å². The summed E-state index contributed by atoms with van der Waals surface area (Å²) in [4.78, 5) is 21.2. The number of nitrogens with zero attached hydrogens (tertiary/aromatic N) is 2. The van der Waals surface area contributed by atoms with Gasteiger partial charge in [-0.3, -0.25) is 9.78 Å². The maximum Gasteiger partial charge on any atom is 0.262 e. The van der Waals surface area contributed by atoms with Crippen LogP contribution in [-0.2, 0) is 4.79 Å². The summed E-state index contributed by atoms with van der Waals surface area (Å²) in [7, 11) is 0. The minimum absolute atomic E-state index is 0.0833. The SMILES string of the molecule is CCOc1ccc(OCC(=O)Nc2cccc(-c3csc(-c4cccnc4)n3)c2)cc1. The number of hydrogen-bond acceptors (Lipinski definition) is 6. The molecule has 4 aromatic rings. The number of aromatic nitrogens is 2. The molecule has 0 radical (unpaired) electrons. The predicted octanol–water partition coefficient (Wildman–Crippen LogP) is 5.29. The van der Waals surface area contributed by atoms with Crippen LogP contribution in [0.25, 0.3) is 21.8 Å². The van der Waals surface area contributed by atoms with Gasteiger partial charge in [0, 0.05) is 34.6 Å². The first-order valence-electron chi connectivity index (χ1n) is 9.83. The molecule has 4 rings (SSSR count). The maximum atomic E-state index is 12.3. The van der Waals surface area contributed by atoms with E-state index in [1.165, 1.54) is 0 Å². The van der Waals surface area contributed by atoms with Gasteiger partial charge in [0.05, 0.1) is 12.3 Å². The lowest BCUT2D eigenvalue weighted by molar-refractivity contribution is -0.118. The van der Waals surface area contributed by atoms with E-state index in [2.05, 4.69) is 10.3 Å². The first-order chi connectivity index (χ1) is 15.2. The number of thiazole rings is 1. The van der Waals surface area contributed by atoms with Crippen LogP contribution in [0.4, 0.5) is 5.69 Å². The third-order valence-electron chi connectivity index (χ3n) is 4.36. The molecule has 156 valence electrons. The Morgan fingerprint density at radius 2 is 1.77 bits per heavy atom. The molecule has 2 aromatic heterocycles. The van der Waals surface area contributed by atoms with E-state index in [0.29, 0.717) is 18.0 Å². The quantitative estimate of drug-likeness (QED) is 0.410. The molecule has 0 spiro atoms. The standard InChI is InChI=1S/C24H21N3O3S/c1-2-29-20-8-10-21(11-9-20)30-15-23(28)26-19-7-3-5-17(13-19)22-16-31-24(27-22)18-6-4-12-25-14-18/h3-14,16H,2,15H2,1H3,(H,26,28). The number of carbonyl (C=O) groups is 1. The van der Waals surface area contributed by atoms with E-state index in [1.54, 1.807) is 35.9 Å². The zero-order chi connectivity index (χ0) is 21.5. The summed E-state index contributed by atoms with van der Waals surface area (Å²) in [5.41, 5.74) is 3.45. The van der Waals surface area contributed by atoms with Gasteiger partial charge in [0.2, 0.25) is 0 Å². The summed E-state index contributed by atoms with van der Waals surface area (Å²) >= 11 is 1.56. The molecule has 0 aliphatic heterocycles. The monoisotopic (exact) mass is 431 g/mol. The summed E-state index contributed by atoms with van der Waals surface area (Å²) in [5, 5.41) is 5.77. The fraction of sp³-hybridized carbons (Fsp3) is 0.125. The van der Waals surface area contributed by atoms with Crippen LogP contribution < -0.4 is 14.8 Å². The molecule has 6 nitrogen and oxygen atoms in total. The number of amides is 1. The van der Waals surface area contributed by atoms with Crippen molar-refractivity contribution >= 4 is 22.9 Å². The van der Waals surface area contributed by atoms with E-state index in [-0.39, 0.29) is 12.5 Å². The Morgan fingerprint density at radius 3 is 2.52 bits per heavy atom. The van der Waals surface area contributed by atoms with Crippen molar-refractivity contribution in [3.63, 3.8) is 0 Å². The van der Waals surface area contributed by atoms with E-state index in [9.17, 15) is 4.79 Å². The lowest BCUT2D eigenvalue weighted by Crippen LogP contribution is -2.20. The third kappa shape index (κ3) is 5.46. The van der Waals surface area contributed by atoms with Gasteiger partial charge in [0.1, 0.15) is 16.5 Å². The van der Waals surface area contributed by atoms with Crippen LogP contribution in [-0.4, -0.2) is 29.1 Å². The van der Waals surface area contributed by atoms with E-state index in [1.807, 2.05) is 60.8 Å². The van der Waals surface area contributed by atoms with E-state index < -0.39 is 0 Å². The molecule has 0 fully saturated rings. The van der Waals surface area contributed by atoms with Crippen LogP contribution in [0, 0.1) is 0 Å². The van der Waals surface area contributed by atoms with Crippen LogP contribution in [0.15, 0.2) is 78.4 Å². The van der Waals surface area contributed by atoms with Gasteiger partial charge in [-0.05, 0) is 55.5 Å². The van der Waals surface area contributed by atoms with E-state index >= 15 is 0 Å². The lowest BCUT2D eigenvalue weighted by Gasteiger charge is -2.09. The zero-order valence-corrected chi connectivity index (χ0v) is 17.8. The van der Waals surface area contributed by atoms with Crippen molar-refractivity contribution in [2.75, 3.05) is 18.5 Å². The lowest BCUT2D eigenvalue weighted by atomic mass is 10.1. The predicted molar refractivity (Wildman–Crippen MR) is 123 cm³/mol. The van der Waals surface area contributed by atoms with Crippen molar-refractivity contribution in [1.29, 1.82) is 0 Å². The molecule has 0 saturated heterocycles. The Hall–Kier alpha value is -3.71. The topological polar surface area (TPSA) is 73.3 Å². The highest BCUT2D eigenvalue weighted by atomic mass is 32.1. The fourth-order valence-electron chi connectivity index (χ4n) is 2.93. The number of carbonyl (C=O) groups excluding carboxylic acids is 1. The molecule has 0 aliphatic carbocycles. The van der Waals surface area contributed by atoms with Gasteiger partial charge in [-0.1, -0.05) is 12.1 Å². The van der Waals surface area contributed by atoms with Gasteiger partial charge in [-0.15, -0.1) is 11.3 Å². The summed E-state index contributed by atoms with van der Waals surface area (Å²) < 4.78 is 11.0. The molecule has 0 saturated carbocycles. The Labute approximate surface area is 184 Å². The van der Waals surface area contributed by atoms with Gasteiger partial charge >= 0.3 is 0 Å². The van der Waals surface area contributed by atoms with Crippen molar-refractivity contribution in [3.8, 4) is 33.3 Å².